The van der Waals surface area contributed by atoms with Crippen molar-refractivity contribution in [2.45, 2.75) is 38.5 Å². The Hall–Kier alpha value is -2.95. The molecule has 1 N–H and O–H groups in total. The van der Waals surface area contributed by atoms with Gasteiger partial charge in [-0.25, -0.2) is 0 Å². The molecule has 2 aromatic heterocycles. The highest BCUT2D eigenvalue weighted by atomic mass is 16.2. The van der Waals surface area contributed by atoms with Crippen molar-refractivity contribution < 1.29 is 4.79 Å². The quantitative estimate of drug-likeness (QED) is 0.758. The molecule has 3 aromatic rings. The summed E-state index contributed by atoms with van der Waals surface area (Å²) < 4.78 is 0. The van der Waals surface area contributed by atoms with Crippen LogP contribution in [0.4, 0.5) is 0 Å². The zero-order valence-corrected chi connectivity index (χ0v) is 16.1. The molecule has 5 heteroatoms. The molecule has 3 heterocycles. The number of hydrogen-bond donors (Lipinski definition) is 1. The monoisotopic (exact) mass is 372 g/mol. The van der Waals surface area contributed by atoms with Gasteiger partial charge in [0.2, 0.25) is 0 Å². The van der Waals surface area contributed by atoms with Crippen LogP contribution in [0.25, 0.3) is 11.1 Å². The summed E-state index contributed by atoms with van der Waals surface area (Å²) in [6.07, 6.45) is 5.99. The third-order valence-electron chi connectivity index (χ3n) is 5.94. The summed E-state index contributed by atoms with van der Waals surface area (Å²) in [6, 6.07) is 12.0. The van der Waals surface area contributed by atoms with Crippen molar-refractivity contribution in [1.82, 2.24) is 20.1 Å². The standard InChI is InChI=1S/C23H24N4O/c1-15-21(18(9-12-24-15)16-5-3-2-4-6-16)23(28)27-13-10-19-20(11-14-27)25-26-22(19)17-7-8-17/h2-6,9,12,17H,7-8,10-11,13-14H2,1H3,(H,25,26). The number of fused-ring (bicyclic) bond motifs is 1. The first kappa shape index (κ1) is 17.2. The Balaban J connectivity index is 1.44. The highest BCUT2D eigenvalue weighted by Gasteiger charge is 2.32. The first-order valence-corrected chi connectivity index (χ1v) is 10.1. The Bertz CT molecular complexity index is 1020. The molecule has 2 aliphatic rings. The minimum atomic E-state index is 0.0792. The van der Waals surface area contributed by atoms with Crippen molar-refractivity contribution in [2.24, 2.45) is 0 Å². The predicted molar refractivity (Wildman–Crippen MR) is 108 cm³/mol. The van der Waals surface area contributed by atoms with Crippen molar-refractivity contribution in [1.29, 1.82) is 0 Å². The Morgan fingerprint density at radius 1 is 1.11 bits per heavy atom. The molecular formula is C23H24N4O. The maximum absolute atomic E-state index is 13.5. The fraction of sp³-hybridized carbons (Fsp3) is 0.348. The summed E-state index contributed by atoms with van der Waals surface area (Å²) >= 11 is 0. The molecule has 1 saturated carbocycles. The fourth-order valence-corrected chi connectivity index (χ4v) is 4.26. The zero-order valence-electron chi connectivity index (χ0n) is 16.1. The molecule has 0 radical (unpaired) electrons. The molecule has 5 rings (SSSR count). The third-order valence-corrected chi connectivity index (χ3v) is 5.94. The number of amides is 1. The first-order valence-electron chi connectivity index (χ1n) is 10.1. The van der Waals surface area contributed by atoms with Crippen LogP contribution in [0.15, 0.2) is 42.6 Å². The van der Waals surface area contributed by atoms with Gasteiger partial charge in [-0.2, -0.15) is 5.10 Å². The molecule has 0 atom stereocenters. The van der Waals surface area contributed by atoms with E-state index in [-0.39, 0.29) is 5.91 Å². The van der Waals surface area contributed by atoms with Crippen LogP contribution in [0, 0.1) is 6.92 Å². The maximum atomic E-state index is 13.5. The summed E-state index contributed by atoms with van der Waals surface area (Å²) in [6.45, 7) is 3.36. The fourth-order valence-electron chi connectivity index (χ4n) is 4.26. The molecule has 0 unspecified atom stereocenters. The lowest BCUT2D eigenvalue weighted by atomic mass is 9.98. The molecule has 142 valence electrons. The lowest BCUT2D eigenvalue weighted by Gasteiger charge is -2.23. The van der Waals surface area contributed by atoms with Gasteiger partial charge >= 0.3 is 0 Å². The molecule has 28 heavy (non-hydrogen) atoms. The van der Waals surface area contributed by atoms with Gasteiger partial charge in [0.1, 0.15) is 0 Å². The molecule has 1 aromatic carbocycles. The number of aromatic nitrogens is 3. The number of hydrogen-bond acceptors (Lipinski definition) is 3. The Morgan fingerprint density at radius 3 is 2.68 bits per heavy atom. The Labute approximate surface area is 164 Å². The molecular weight excluding hydrogens is 348 g/mol. The van der Waals surface area contributed by atoms with Gasteiger partial charge in [-0.15, -0.1) is 0 Å². The summed E-state index contributed by atoms with van der Waals surface area (Å²) in [5.74, 6) is 0.711. The van der Waals surface area contributed by atoms with Crippen LogP contribution in [0.3, 0.4) is 0 Å². The molecule has 1 fully saturated rings. The van der Waals surface area contributed by atoms with Crippen molar-refractivity contribution in [3.8, 4) is 11.1 Å². The van der Waals surface area contributed by atoms with Gasteiger partial charge in [0, 0.05) is 37.3 Å². The van der Waals surface area contributed by atoms with E-state index in [9.17, 15) is 4.79 Å². The van der Waals surface area contributed by atoms with Crippen molar-refractivity contribution >= 4 is 5.91 Å². The number of benzene rings is 1. The average Bonchev–Trinajstić information content (AvgIpc) is 3.52. The third kappa shape index (κ3) is 3.01. The number of carbonyl (C=O) groups is 1. The van der Waals surface area contributed by atoms with Gasteiger partial charge in [0.25, 0.3) is 5.91 Å². The van der Waals surface area contributed by atoms with Crippen LogP contribution in [0.5, 0.6) is 0 Å². The summed E-state index contributed by atoms with van der Waals surface area (Å²) in [5, 5.41) is 7.79. The second kappa shape index (κ2) is 6.89. The lowest BCUT2D eigenvalue weighted by Crippen LogP contribution is -2.34. The Morgan fingerprint density at radius 2 is 1.89 bits per heavy atom. The van der Waals surface area contributed by atoms with Gasteiger partial charge in [0.15, 0.2) is 0 Å². The molecule has 0 spiro atoms. The van der Waals surface area contributed by atoms with Gasteiger partial charge in [-0.3, -0.25) is 14.9 Å². The smallest absolute Gasteiger partial charge is 0.256 e. The number of aryl methyl sites for hydroxylation is 1. The second-order valence-corrected chi connectivity index (χ2v) is 7.82. The predicted octanol–water partition coefficient (Wildman–Crippen LogP) is 3.90. The van der Waals surface area contributed by atoms with Crippen LogP contribution in [0.1, 0.15) is 51.8 Å². The van der Waals surface area contributed by atoms with Crippen LogP contribution < -0.4 is 0 Å². The molecule has 5 nitrogen and oxygen atoms in total. The average molecular weight is 372 g/mol. The Kier molecular flexibility index (Phi) is 4.23. The second-order valence-electron chi connectivity index (χ2n) is 7.82. The van der Waals surface area contributed by atoms with E-state index >= 15 is 0 Å². The topological polar surface area (TPSA) is 61.9 Å². The molecule has 1 aliphatic heterocycles. The van der Waals surface area contributed by atoms with E-state index in [2.05, 4.69) is 15.2 Å². The van der Waals surface area contributed by atoms with E-state index in [0.29, 0.717) is 12.5 Å². The van der Waals surface area contributed by atoms with E-state index < -0.39 is 0 Å². The number of pyridine rings is 1. The van der Waals surface area contributed by atoms with E-state index in [1.807, 2.05) is 48.2 Å². The zero-order chi connectivity index (χ0) is 19.1. The number of aromatic amines is 1. The van der Waals surface area contributed by atoms with E-state index in [1.54, 1.807) is 6.20 Å². The summed E-state index contributed by atoms with van der Waals surface area (Å²) in [4.78, 5) is 19.9. The number of nitrogens with zero attached hydrogens (tertiary/aromatic N) is 3. The van der Waals surface area contributed by atoms with Crippen molar-refractivity contribution in [3.63, 3.8) is 0 Å². The lowest BCUT2D eigenvalue weighted by molar-refractivity contribution is 0.0762. The first-order chi connectivity index (χ1) is 13.7. The number of H-pyrrole nitrogens is 1. The van der Waals surface area contributed by atoms with E-state index in [1.165, 1.54) is 29.8 Å². The highest BCUT2D eigenvalue weighted by molar-refractivity contribution is 6.01. The maximum Gasteiger partial charge on any atom is 0.256 e. The largest absolute Gasteiger partial charge is 0.338 e. The van der Waals surface area contributed by atoms with Gasteiger partial charge in [0.05, 0.1) is 17.0 Å². The van der Waals surface area contributed by atoms with Crippen LogP contribution in [0.2, 0.25) is 0 Å². The van der Waals surface area contributed by atoms with Gasteiger partial charge < -0.3 is 4.90 Å². The van der Waals surface area contributed by atoms with Crippen molar-refractivity contribution in [2.75, 3.05) is 13.1 Å². The number of rotatable bonds is 3. The molecule has 1 aliphatic carbocycles. The summed E-state index contributed by atoms with van der Waals surface area (Å²) in [5.41, 5.74) is 7.33. The minimum Gasteiger partial charge on any atom is -0.338 e. The van der Waals surface area contributed by atoms with Crippen molar-refractivity contribution in [3.05, 3.63) is 70.8 Å². The van der Waals surface area contributed by atoms with Crippen LogP contribution in [-0.4, -0.2) is 39.1 Å². The van der Waals surface area contributed by atoms with E-state index in [0.717, 1.165) is 41.8 Å². The van der Waals surface area contributed by atoms with E-state index in [4.69, 9.17) is 0 Å². The molecule has 0 bridgehead atoms. The normalized spacial score (nSPS) is 16.5. The highest BCUT2D eigenvalue weighted by Crippen LogP contribution is 2.41. The van der Waals surface area contributed by atoms with Gasteiger partial charge in [-0.05, 0) is 48.9 Å². The SMILES string of the molecule is Cc1nccc(-c2ccccc2)c1C(=O)N1CCc2[nH]nc(C3CC3)c2CC1. The minimum absolute atomic E-state index is 0.0792. The van der Waals surface area contributed by atoms with Crippen LogP contribution >= 0.6 is 0 Å². The number of carbonyl (C=O) groups excluding carboxylic acids is 1. The molecule has 0 saturated heterocycles. The molecule has 1 amide bonds. The van der Waals surface area contributed by atoms with Crippen LogP contribution in [-0.2, 0) is 12.8 Å². The van der Waals surface area contributed by atoms with Gasteiger partial charge in [-0.1, -0.05) is 30.3 Å². The summed E-state index contributed by atoms with van der Waals surface area (Å²) in [7, 11) is 0. The number of nitrogens with one attached hydrogen (secondary N) is 1.